The average molecular weight is 247 g/mol. The quantitative estimate of drug-likeness (QED) is 0.773. The van der Waals surface area contributed by atoms with Crippen LogP contribution in [0.25, 0.3) is 0 Å². The number of aryl methyl sites for hydroxylation is 1. The Labute approximate surface area is 101 Å². The summed E-state index contributed by atoms with van der Waals surface area (Å²) in [5.41, 5.74) is 1.15. The minimum absolute atomic E-state index is 0.336. The Hall–Kier alpha value is -0.280. The predicted molar refractivity (Wildman–Crippen MR) is 69.1 cm³/mol. The lowest BCUT2D eigenvalue weighted by Crippen LogP contribution is -2.23. The lowest BCUT2D eigenvalue weighted by molar-refractivity contribution is 0.542. The Morgan fingerprint density at radius 1 is 1.53 bits per heavy atom. The summed E-state index contributed by atoms with van der Waals surface area (Å²) in [6.45, 7) is 6.53. The lowest BCUT2D eigenvalue weighted by atomic mass is 10.1. The standard InChI is InChI=1S/C11H19ClN2S/c1-4-9-7-15-11(13-9)14-10(6-12)5-8(2)3/h7-8,10H,4-6H2,1-3H3,(H,13,14). The van der Waals surface area contributed by atoms with Gasteiger partial charge in [-0.3, -0.25) is 0 Å². The molecular weight excluding hydrogens is 228 g/mol. The van der Waals surface area contributed by atoms with Gasteiger partial charge >= 0.3 is 0 Å². The van der Waals surface area contributed by atoms with Gasteiger partial charge in [-0.25, -0.2) is 4.98 Å². The molecule has 1 rings (SSSR count). The van der Waals surface area contributed by atoms with Crippen molar-refractivity contribution in [2.24, 2.45) is 5.92 Å². The van der Waals surface area contributed by atoms with E-state index in [-0.39, 0.29) is 0 Å². The molecule has 86 valence electrons. The number of alkyl halides is 1. The van der Waals surface area contributed by atoms with Crippen molar-refractivity contribution < 1.29 is 0 Å². The molecule has 4 heteroatoms. The maximum atomic E-state index is 5.92. The minimum Gasteiger partial charge on any atom is -0.358 e. The third-order valence-corrected chi connectivity index (χ3v) is 3.38. The van der Waals surface area contributed by atoms with Crippen molar-refractivity contribution in [1.82, 2.24) is 4.98 Å². The second-order valence-corrected chi connectivity index (χ2v) is 5.29. The molecule has 0 aliphatic rings. The number of nitrogens with one attached hydrogen (secondary N) is 1. The van der Waals surface area contributed by atoms with E-state index >= 15 is 0 Å². The summed E-state index contributed by atoms with van der Waals surface area (Å²) >= 11 is 7.58. The van der Waals surface area contributed by atoms with Crippen molar-refractivity contribution in [3.05, 3.63) is 11.1 Å². The minimum atomic E-state index is 0.336. The molecule has 0 amide bonds. The fraction of sp³-hybridized carbons (Fsp3) is 0.727. The van der Waals surface area contributed by atoms with E-state index < -0.39 is 0 Å². The maximum Gasteiger partial charge on any atom is 0.183 e. The van der Waals surface area contributed by atoms with Gasteiger partial charge in [0, 0.05) is 17.3 Å². The molecule has 0 aromatic carbocycles. The fourth-order valence-corrected chi connectivity index (χ4v) is 2.51. The van der Waals surface area contributed by atoms with Crippen LogP contribution in [0.2, 0.25) is 0 Å². The highest BCUT2D eigenvalue weighted by molar-refractivity contribution is 7.13. The number of aromatic nitrogens is 1. The molecule has 0 radical (unpaired) electrons. The van der Waals surface area contributed by atoms with Crippen LogP contribution in [0.4, 0.5) is 5.13 Å². The predicted octanol–water partition coefficient (Wildman–Crippen LogP) is 3.77. The van der Waals surface area contributed by atoms with Crippen molar-refractivity contribution in [3.63, 3.8) is 0 Å². The van der Waals surface area contributed by atoms with Gasteiger partial charge in [-0.05, 0) is 18.8 Å². The molecule has 1 atom stereocenters. The summed E-state index contributed by atoms with van der Waals surface area (Å²) in [5.74, 6) is 1.30. The number of hydrogen-bond donors (Lipinski definition) is 1. The summed E-state index contributed by atoms with van der Waals surface area (Å²) in [5, 5.41) is 6.49. The van der Waals surface area contributed by atoms with E-state index in [2.05, 4.69) is 36.5 Å². The average Bonchev–Trinajstić information content (AvgIpc) is 2.64. The zero-order valence-corrected chi connectivity index (χ0v) is 11.2. The van der Waals surface area contributed by atoms with E-state index in [1.807, 2.05) is 0 Å². The molecule has 0 saturated carbocycles. The second-order valence-electron chi connectivity index (χ2n) is 4.12. The van der Waals surface area contributed by atoms with Crippen LogP contribution in [0.5, 0.6) is 0 Å². The van der Waals surface area contributed by atoms with Gasteiger partial charge in [-0.15, -0.1) is 22.9 Å². The van der Waals surface area contributed by atoms with E-state index in [0.717, 1.165) is 23.7 Å². The van der Waals surface area contributed by atoms with Gasteiger partial charge in [0.05, 0.1) is 5.69 Å². The molecule has 1 N–H and O–H groups in total. The molecule has 0 aliphatic heterocycles. The zero-order valence-electron chi connectivity index (χ0n) is 9.59. The summed E-state index contributed by atoms with van der Waals surface area (Å²) in [6, 6.07) is 0.336. The molecule has 15 heavy (non-hydrogen) atoms. The Kier molecular flexibility index (Phi) is 5.40. The van der Waals surface area contributed by atoms with Gasteiger partial charge in [0.25, 0.3) is 0 Å². The Bertz CT molecular complexity index is 286. The van der Waals surface area contributed by atoms with E-state index in [9.17, 15) is 0 Å². The Morgan fingerprint density at radius 3 is 2.73 bits per heavy atom. The van der Waals surface area contributed by atoms with Crippen molar-refractivity contribution >= 4 is 28.1 Å². The lowest BCUT2D eigenvalue weighted by Gasteiger charge is -2.17. The highest BCUT2D eigenvalue weighted by Crippen LogP contribution is 2.19. The molecule has 1 heterocycles. The molecule has 0 fully saturated rings. The normalized spacial score (nSPS) is 13.1. The first-order valence-electron chi connectivity index (χ1n) is 5.42. The van der Waals surface area contributed by atoms with E-state index in [1.54, 1.807) is 11.3 Å². The van der Waals surface area contributed by atoms with Crippen LogP contribution in [0.15, 0.2) is 5.38 Å². The van der Waals surface area contributed by atoms with Gasteiger partial charge in [-0.1, -0.05) is 20.8 Å². The summed E-state index contributed by atoms with van der Waals surface area (Å²) < 4.78 is 0. The van der Waals surface area contributed by atoms with Crippen molar-refractivity contribution in [2.45, 2.75) is 39.7 Å². The van der Waals surface area contributed by atoms with E-state index in [1.165, 1.54) is 0 Å². The van der Waals surface area contributed by atoms with Crippen LogP contribution in [-0.4, -0.2) is 16.9 Å². The Balaban J connectivity index is 2.50. The van der Waals surface area contributed by atoms with Gasteiger partial charge in [0.2, 0.25) is 0 Å². The molecule has 1 unspecified atom stereocenters. The second kappa shape index (κ2) is 6.33. The SMILES string of the molecule is CCc1csc(NC(CCl)CC(C)C)n1. The molecule has 1 aromatic heterocycles. The number of anilines is 1. The third kappa shape index (κ3) is 4.39. The van der Waals surface area contributed by atoms with Gasteiger partial charge in [0.1, 0.15) is 0 Å². The number of hydrogen-bond acceptors (Lipinski definition) is 3. The highest BCUT2D eigenvalue weighted by Gasteiger charge is 2.11. The summed E-state index contributed by atoms with van der Waals surface area (Å²) in [7, 11) is 0. The van der Waals surface area contributed by atoms with E-state index in [4.69, 9.17) is 11.6 Å². The van der Waals surface area contributed by atoms with Gasteiger partial charge in [0.15, 0.2) is 5.13 Å². The van der Waals surface area contributed by atoms with Crippen molar-refractivity contribution in [3.8, 4) is 0 Å². The Morgan fingerprint density at radius 2 is 2.27 bits per heavy atom. The first kappa shape index (κ1) is 12.8. The summed E-state index contributed by atoms with van der Waals surface area (Å²) in [6.07, 6.45) is 2.08. The van der Waals surface area contributed by atoms with Crippen molar-refractivity contribution in [1.29, 1.82) is 0 Å². The largest absolute Gasteiger partial charge is 0.358 e. The monoisotopic (exact) mass is 246 g/mol. The van der Waals surface area contributed by atoms with Crippen LogP contribution in [0.1, 0.15) is 32.9 Å². The molecule has 0 spiro atoms. The molecule has 0 aliphatic carbocycles. The molecular formula is C11H19ClN2S. The molecule has 1 aromatic rings. The van der Waals surface area contributed by atoms with Crippen LogP contribution in [-0.2, 0) is 6.42 Å². The van der Waals surface area contributed by atoms with Crippen LogP contribution < -0.4 is 5.32 Å². The van der Waals surface area contributed by atoms with Crippen LogP contribution in [0, 0.1) is 5.92 Å². The zero-order chi connectivity index (χ0) is 11.3. The van der Waals surface area contributed by atoms with E-state index in [0.29, 0.717) is 17.8 Å². The van der Waals surface area contributed by atoms with Crippen molar-refractivity contribution in [2.75, 3.05) is 11.2 Å². The molecule has 0 bridgehead atoms. The number of nitrogens with zero attached hydrogens (tertiary/aromatic N) is 1. The topological polar surface area (TPSA) is 24.9 Å². The number of halogens is 1. The fourth-order valence-electron chi connectivity index (χ4n) is 1.44. The molecule has 2 nitrogen and oxygen atoms in total. The number of rotatable bonds is 6. The summed E-state index contributed by atoms with van der Waals surface area (Å²) in [4.78, 5) is 4.47. The first-order chi connectivity index (χ1) is 7.15. The highest BCUT2D eigenvalue weighted by atomic mass is 35.5. The smallest absolute Gasteiger partial charge is 0.183 e. The maximum absolute atomic E-state index is 5.92. The van der Waals surface area contributed by atoms with Gasteiger partial charge < -0.3 is 5.32 Å². The molecule has 0 saturated heterocycles. The number of thiazole rings is 1. The first-order valence-corrected chi connectivity index (χ1v) is 6.84. The van der Waals surface area contributed by atoms with Crippen LogP contribution in [0.3, 0.4) is 0 Å². The van der Waals surface area contributed by atoms with Crippen LogP contribution >= 0.6 is 22.9 Å². The third-order valence-electron chi connectivity index (χ3n) is 2.18. The van der Waals surface area contributed by atoms with Gasteiger partial charge in [-0.2, -0.15) is 0 Å².